The molecule has 0 heterocycles. The van der Waals surface area contributed by atoms with E-state index in [2.05, 4.69) is 27.3 Å². The van der Waals surface area contributed by atoms with Gasteiger partial charge in [-0.15, -0.1) is 0 Å². The summed E-state index contributed by atoms with van der Waals surface area (Å²) in [7, 11) is 2.84. The Bertz CT molecular complexity index is 368. The Hall–Kier alpha value is -1.04. The topological polar surface area (TPSA) is 35.5 Å². The SMILES string of the molecule is CO/C=C(/C(=O)OC)c1ccc(I)cc1. The first-order valence-corrected chi connectivity index (χ1v) is 5.34. The van der Waals surface area contributed by atoms with Crippen LogP contribution in [0.3, 0.4) is 0 Å². The number of esters is 1. The zero-order valence-electron chi connectivity index (χ0n) is 8.49. The van der Waals surface area contributed by atoms with Crippen LogP contribution in [0.1, 0.15) is 5.56 Å². The minimum atomic E-state index is -0.405. The van der Waals surface area contributed by atoms with Crippen LogP contribution in [0.4, 0.5) is 0 Å². The Morgan fingerprint density at radius 3 is 2.33 bits per heavy atom. The quantitative estimate of drug-likeness (QED) is 0.372. The molecule has 0 fully saturated rings. The first-order chi connectivity index (χ1) is 7.19. The Kier molecular flexibility index (Phi) is 4.61. The summed E-state index contributed by atoms with van der Waals surface area (Å²) in [4.78, 5) is 11.4. The third kappa shape index (κ3) is 3.23. The van der Waals surface area contributed by atoms with Crippen molar-refractivity contribution >= 4 is 34.1 Å². The lowest BCUT2D eigenvalue weighted by atomic mass is 10.1. The van der Waals surface area contributed by atoms with Gasteiger partial charge in [0.2, 0.25) is 0 Å². The lowest BCUT2D eigenvalue weighted by molar-refractivity contribution is -0.133. The van der Waals surface area contributed by atoms with Gasteiger partial charge in [0.15, 0.2) is 0 Å². The molecule has 0 aliphatic carbocycles. The second kappa shape index (κ2) is 5.75. The maximum absolute atomic E-state index is 11.4. The molecule has 0 unspecified atom stereocenters. The molecule has 1 rings (SSSR count). The van der Waals surface area contributed by atoms with E-state index in [-0.39, 0.29) is 0 Å². The number of hydrogen-bond acceptors (Lipinski definition) is 3. The average molecular weight is 318 g/mol. The summed E-state index contributed by atoms with van der Waals surface area (Å²) >= 11 is 2.20. The van der Waals surface area contributed by atoms with Crippen molar-refractivity contribution in [2.24, 2.45) is 0 Å². The van der Waals surface area contributed by atoms with Crippen LogP contribution in [-0.2, 0) is 14.3 Å². The minimum Gasteiger partial charge on any atom is -0.503 e. The highest BCUT2D eigenvalue weighted by Gasteiger charge is 2.12. The molecule has 0 saturated heterocycles. The number of carbonyl (C=O) groups is 1. The van der Waals surface area contributed by atoms with Crippen LogP contribution in [0.25, 0.3) is 5.57 Å². The molecule has 80 valence electrons. The fraction of sp³-hybridized carbons (Fsp3) is 0.182. The molecule has 0 spiro atoms. The number of benzene rings is 1. The molecule has 1 aromatic rings. The number of hydrogen-bond donors (Lipinski definition) is 0. The summed E-state index contributed by atoms with van der Waals surface area (Å²) in [5.74, 6) is -0.405. The van der Waals surface area contributed by atoms with Gasteiger partial charge in [0.1, 0.15) is 5.57 Å². The van der Waals surface area contributed by atoms with Crippen molar-refractivity contribution in [3.8, 4) is 0 Å². The summed E-state index contributed by atoms with van der Waals surface area (Å²) in [5, 5.41) is 0. The van der Waals surface area contributed by atoms with Gasteiger partial charge in [-0.1, -0.05) is 12.1 Å². The largest absolute Gasteiger partial charge is 0.503 e. The van der Waals surface area contributed by atoms with Crippen LogP contribution in [0.15, 0.2) is 30.5 Å². The molecule has 0 aromatic heterocycles. The fourth-order valence-corrected chi connectivity index (χ4v) is 1.45. The highest BCUT2D eigenvalue weighted by molar-refractivity contribution is 14.1. The van der Waals surface area contributed by atoms with E-state index in [9.17, 15) is 4.79 Å². The maximum atomic E-state index is 11.4. The molecule has 4 heteroatoms. The zero-order valence-corrected chi connectivity index (χ0v) is 10.6. The first-order valence-electron chi connectivity index (χ1n) is 4.26. The van der Waals surface area contributed by atoms with E-state index < -0.39 is 5.97 Å². The van der Waals surface area contributed by atoms with Crippen LogP contribution >= 0.6 is 22.6 Å². The monoisotopic (exact) mass is 318 g/mol. The van der Waals surface area contributed by atoms with Crippen molar-refractivity contribution < 1.29 is 14.3 Å². The molecule has 3 nitrogen and oxygen atoms in total. The number of ether oxygens (including phenoxy) is 2. The van der Waals surface area contributed by atoms with Crippen molar-refractivity contribution in [3.05, 3.63) is 39.7 Å². The second-order valence-electron chi connectivity index (χ2n) is 2.77. The Balaban J connectivity index is 3.05. The zero-order chi connectivity index (χ0) is 11.3. The molecular formula is C11H11IO3. The highest BCUT2D eigenvalue weighted by atomic mass is 127. The predicted molar refractivity (Wildman–Crippen MR) is 66.2 cm³/mol. The summed E-state index contributed by atoms with van der Waals surface area (Å²) in [5.41, 5.74) is 1.19. The molecule has 0 saturated carbocycles. The van der Waals surface area contributed by atoms with Crippen molar-refractivity contribution in [3.63, 3.8) is 0 Å². The van der Waals surface area contributed by atoms with E-state index in [4.69, 9.17) is 4.74 Å². The molecule has 0 aliphatic rings. The van der Waals surface area contributed by atoms with E-state index in [1.807, 2.05) is 24.3 Å². The van der Waals surface area contributed by atoms with Gasteiger partial charge < -0.3 is 9.47 Å². The standard InChI is InChI=1S/C11H11IO3/c1-14-7-10(11(13)15-2)8-3-5-9(12)6-4-8/h3-7H,1-2H3/b10-7+. The highest BCUT2D eigenvalue weighted by Crippen LogP contribution is 2.17. The maximum Gasteiger partial charge on any atom is 0.341 e. The van der Waals surface area contributed by atoms with Gasteiger partial charge >= 0.3 is 5.97 Å². The Morgan fingerprint density at radius 2 is 1.87 bits per heavy atom. The molecule has 0 atom stereocenters. The predicted octanol–water partition coefficient (Wildman–Crippen LogP) is 2.45. The third-order valence-electron chi connectivity index (χ3n) is 1.80. The molecule has 0 bridgehead atoms. The van der Waals surface area contributed by atoms with E-state index in [0.29, 0.717) is 5.57 Å². The van der Waals surface area contributed by atoms with Gasteiger partial charge in [-0.3, -0.25) is 0 Å². The van der Waals surface area contributed by atoms with E-state index in [1.54, 1.807) is 0 Å². The average Bonchev–Trinajstić information content (AvgIpc) is 2.26. The fourth-order valence-electron chi connectivity index (χ4n) is 1.09. The van der Waals surface area contributed by atoms with Crippen molar-refractivity contribution in [2.45, 2.75) is 0 Å². The van der Waals surface area contributed by atoms with Crippen LogP contribution in [0, 0.1) is 3.57 Å². The first kappa shape index (κ1) is 12.0. The smallest absolute Gasteiger partial charge is 0.341 e. The minimum absolute atomic E-state index is 0.405. The molecule has 0 N–H and O–H groups in total. The summed E-state index contributed by atoms with van der Waals surface area (Å²) in [6.45, 7) is 0. The lowest BCUT2D eigenvalue weighted by Crippen LogP contribution is -2.04. The summed E-state index contributed by atoms with van der Waals surface area (Å²) in [6.07, 6.45) is 1.38. The van der Waals surface area contributed by atoms with Gasteiger partial charge in [0.05, 0.1) is 20.5 Å². The molecular weight excluding hydrogens is 307 g/mol. The van der Waals surface area contributed by atoms with Crippen LogP contribution in [-0.4, -0.2) is 20.2 Å². The molecule has 0 radical (unpaired) electrons. The van der Waals surface area contributed by atoms with Crippen LogP contribution < -0.4 is 0 Å². The van der Waals surface area contributed by atoms with Crippen LogP contribution in [0.5, 0.6) is 0 Å². The Labute approximate surface area is 102 Å². The van der Waals surface area contributed by atoms with Crippen LogP contribution in [0.2, 0.25) is 0 Å². The van der Waals surface area contributed by atoms with Crippen molar-refractivity contribution in [1.82, 2.24) is 0 Å². The van der Waals surface area contributed by atoms with Crippen molar-refractivity contribution in [1.29, 1.82) is 0 Å². The summed E-state index contributed by atoms with van der Waals surface area (Å²) < 4.78 is 10.6. The van der Waals surface area contributed by atoms with Gasteiger partial charge in [0.25, 0.3) is 0 Å². The number of methoxy groups -OCH3 is 2. The second-order valence-corrected chi connectivity index (χ2v) is 4.01. The van der Waals surface area contributed by atoms with E-state index in [1.165, 1.54) is 20.5 Å². The van der Waals surface area contributed by atoms with Gasteiger partial charge in [-0.25, -0.2) is 4.79 Å². The molecule has 0 aliphatic heterocycles. The van der Waals surface area contributed by atoms with E-state index in [0.717, 1.165) is 9.13 Å². The van der Waals surface area contributed by atoms with Gasteiger partial charge in [0, 0.05) is 3.57 Å². The lowest BCUT2D eigenvalue weighted by Gasteiger charge is -2.05. The number of rotatable bonds is 3. The molecule has 1 aromatic carbocycles. The van der Waals surface area contributed by atoms with Gasteiger partial charge in [-0.05, 0) is 40.3 Å². The molecule has 0 amide bonds. The number of carbonyl (C=O) groups excluding carboxylic acids is 1. The normalized spacial score (nSPS) is 11.0. The Morgan fingerprint density at radius 1 is 1.27 bits per heavy atom. The van der Waals surface area contributed by atoms with Gasteiger partial charge in [-0.2, -0.15) is 0 Å². The van der Waals surface area contributed by atoms with Crippen molar-refractivity contribution in [2.75, 3.05) is 14.2 Å². The number of halogens is 1. The third-order valence-corrected chi connectivity index (χ3v) is 2.52. The van der Waals surface area contributed by atoms with E-state index >= 15 is 0 Å². The molecule has 15 heavy (non-hydrogen) atoms. The summed E-state index contributed by atoms with van der Waals surface area (Å²) in [6, 6.07) is 7.54.